The van der Waals surface area contributed by atoms with E-state index in [0.29, 0.717) is 10.0 Å². The molecule has 0 aliphatic heterocycles. The first-order valence-corrected chi connectivity index (χ1v) is 4.93. The average Bonchev–Trinajstić information content (AvgIpc) is 2.64. The first-order chi connectivity index (χ1) is 7.63. The Hall–Kier alpha value is -1.74. The maximum absolute atomic E-state index is 13.0. The third-order valence-electron chi connectivity index (χ3n) is 1.92. The zero-order chi connectivity index (χ0) is 11.7. The van der Waals surface area contributed by atoms with Crippen LogP contribution in [0.4, 0.5) is 8.78 Å². The molecule has 2 rings (SSSR count). The van der Waals surface area contributed by atoms with E-state index in [1.165, 1.54) is 6.07 Å². The van der Waals surface area contributed by atoms with E-state index < -0.39 is 11.6 Å². The molecule has 0 unspecified atom stereocenters. The van der Waals surface area contributed by atoms with Crippen LogP contribution in [0.3, 0.4) is 0 Å². The lowest BCUT2D eigenvalue weighted by Gasteiger charge is -1.97. The predicted octanol–water partition coefficient (Wildman–Crippen LogP) is 3.25. The number of aromatic nitrogens is 1. The molecule has 0 fully saturated rings. The van der Waals surface area contributed by atoms with Crippen molar-refractivity contribution >= 4 is 15.9 Å². The molecule has 6 heteroatoms. The van der Waals surface area contributed by atoms with Crippen LogP contribution in [0, 0.1) is 23.0 Å². The molecule has 0 N–H and O–H groups in total. The fourth-order valence-electron chi connectivity index (χ4n) is 1.17. The molecule has 0 spiro atoms. The molecule has 0 bridgehead atoms. The van der Waals surface area contributed by atoms with Gasteiger partial charge in [-0.2, -0.15) is 5.26 Å². The number of benzene rings is 1. The van der Waals surface area contributed by atoms with Gasteiger partial charge >= 0.3 is 0 Å². The molecule has 0 aliphatic rings. The van der Waals surface area contributed by atoms with Crippen molar-refractivity contribution in [2.24, 2.45) is 0 Å². The van der Waals surface area contributed by atoms with Crippen LogP contribution in [0.5, 0.6) is 0 Å². The SMILES string of the molecule is N#Cc1noc(-c2ccc(F)c(F)c2)c1Br. The summed E-state index contributed by atoms with van der Waals surface area (Å²) in [5.41, 5.74) is 0.361. The summed E-state index contributed by atoms with van der Waals surface area (Å²) < 4.78 is 30.8. The third kappa shape index (κ3) is 1.70. The molecule has 80 valence electrons. The van der Waals surface area contributed by atoms with E-state index in [0.717, 1.165) is 12.1 Å². The van der Waals surface area contributed by atoms with Crippen molar-refractivity contribution in [3.63, 3.8) is 0 Å². The smallest absolute Gasteiger partial charge is 0.198 e. The molecule has 1 aromatic heterocycles. The van der Waals surface area contributed by atoms with Gasteiger partial charge in [0, 0.05) is 5.56 Å². The van der Waals surface area contributed by atoms with E-state index in [1.54, 1.807) is 6.07 Å². The largest absolute Gasteiger partial charge is 0.354 e. The highest BCUT2D eigenvalue weighted by molar-refractivity contribution is 9.10. The molecule has 0 saturated carbocycles. The number of nitrogens with zero attached hydrogens (tertiary/aromatic N) is 2. The Morgan fingerprint density at radius 3 is 2.62 bits per heavy atom. The van der Waals surface area contributed by atoms with Crippen molar-refractivity contribution in [2.75, 3.05) is 0 Å². The molecule has 16 heavy (non-hydrogen) atoms. The fourth-order valence-corrected chi connectivity index (χ4v) is 1.63. The number of halogens is 3. The van der Waals surface area contributed by atoms with Gasteiger partial charge in [0.15, 0.2) is 23.1 Å². The Morgan fingerprint density at radius 2 is 2.06 bits per heavy atom. The number of hydrogen-bond acceptors (Lipinski definition) is 3. The molecule has 3 nitrogen and oxygen atoms in total. The van der Waals surface area contributed by atoms with E-state index in [9.17, 15) is 8.78 Å². The van der Waals surface area contributed by atoms with Crippen LogP contribution in [0.15, 0.2) is 27.2 Å². The highest BCUT2D eigenvalue weighted by atomic mass is 79.9. The number of nitriles is 1. The van der Waals surface area contributed by atoms with Crippen LogP contribution in [-0.4, -0.2) is 5.16 Å². The van der Waals surface area contributed by atoms with Crippen molar-refractivity contribution in [1.82, 2.24) is 5.16 Å². The fraction of sp³-hybridized carbons (Fsp3) is 0. The molecular weight excluding hydrogens is 282 g/mol. The lowest BCUT2D eigenvalue weighted by Crippen LogP contribution is -1.84. The van der Waals surface area contributed by atoms with Gasteiger partial charge in [0.2, 0.25) is 0 Å². The van der Waals surface area contributed by atoms with Gasteiger partial charge in [0.25, 0.3) is 0 Å². The second-order valence-corrected chi connectivity index (χ2v) is 3.71. The van der Waals surface area contributed by atoms with E-state index in [-0.39, 0.29) is 11.5 Å². The second kappa shape index (κ2) is 4.02. The second-order valence-electron chi connectivity index (χ2n) is 2.91. The summed E-state index contributed by atoms with van der Waals surface area (Å²) in [6, 6.07) is 5.08. The van der Waals surface area contributed by atoms with Gasteiger partial charge in [0.05, 0.1) is 0 Å². The van der Waals surface area contributed by atoms with Gasteiger partial charge in [-0.15, -0.1) is 0 Å². The van der Waals surface area contributed by atoms with Crippen molar-refractivity contribution in [2.45, 2.75) is 0 Å². The molecule has 0 saturated heterocycles. The van der Waals surface area contributed by atoms with Crippen LogP contribution in [-0.2, 0) is 0 Å². The summed E-state index contributed by atoms with van der Waals surface area (Å²) in [6.45, 7) is 0. The van der Waals surface area contributed by atoms with Crippen molar-refractivity contribution in [1.29, 1.82) is 5.26 Å². The zero-order valence-electron chi connectivity index (χ0n) is 7.67. The first-order valence-electron chi connectivity index (χ1n) is 4.14. The third-order valence-corrected chi connectivity index (χ3v) is 2.66. The quantitative estimate of drug-likeness (QED) is 0.808. The summed E-state index contributed by atoms with van der Waals surface area (Å²) in [5.74, 6) is -1.74. The molecule has 1 heterocycles. The summed E-state index contributed by atoms with van der Waals surface area (Å²) in [6.07, 6.45) is 0. The Kier molecular flexibility index (Phi) is 2.71. The summed E-state index contributed by atoms with van der Waals surface area (Å²) in [7, 11) is 0. The number of rotatable bonds is 1. The van der Waals surface area contributed by atoms with Gasteiger partial charge in [-0.3, -0.25) is 0 Å². The first kappa shape index (κ1) is 10.8. The van der Waals surface area contributed by atoms with Crippen LogP contribution < -0.4 is 0 Å². The molecule has 1 aromatic carbocycles. The minimum Gasteiger partial charge on any atom is -0.354 e. The lowest BCUT2D eigenvalue weighted by molar-refractivity contribution is 0.429. The number of hydrogen-bond donors (Lipinski definition) is 0. The Labute approximate surface area is 97.4 Å². The van der Waals surface area contributed by atoms with Crippen molar-refractivity contribution in [3.05, 3.63) is 40.0 Å². The monoisotopic (exact) mass is 284 g/mol. The molecule has 2 aromatic rings. The van der Waals surface area contributed by atoms with Crippen molar-refractivity contribution < 1.29 is 13.3 Å². The van der Waals surface area contributed by atoms with Gasteiger partial charge < -0.3 is 4.52 Å². The molecule has 0 radical (unpaired) electrons. The van der Waals surface area contributed by atoms with E-state index in [1.807, 2.05) is 0 Å². The highest BCUT2D eigenvalue weighted by Gasteiger charge is 2.16. The van der Waals surface area contributed by atoms with Gasteiger partial charge in [-0.05, 0) is 34.1 Å². The molecule has 0 aliphatic carbocycles. The molecular formula is C10H3BrF2N2O. The maximum Gasteiger partial charge on any atom is 0.198 e. The Balaban J connectivity index is 2.55. The molecule has 0 atom stereocenters. The van der Waals surface area contributed by atoms with Crippen LogP contribution >= 0.6 is 15.9 Å². The van der Waals surface area contributed by atoms with Crippen molar-refractivity contribution in [3.8, 4) is 17.4 Å². The summed E-state index contributed by atoms with van der Waals surface area (Å²) in [5, 5.41) is 12.1. The Bertz CT molecular complexity index is 589. The van der Waals surface area contributed by atoms with Crippen LogP contribution in [0.2, 0.25) is 0 Å². The lowest BCUT2D eigenvalue weighted by atomic mass is 10.1. The standard InChI is InChI=1S/C10H3BrF2N2O/c11-9-8(4-14)15-16-10(9)5-1-2-6(12)7(13)3-5/h1-3H. The average molecular weight is 285 g/mol. The van der Waals surface area contributed by atoms with Gasteiger partial charge in [0.1, 0.15) is 10.5 Å². The highest BCUT2D eigenvalue weighted by Crippen LogP contribution is 2.31. The summed E-state index contributed by atoms with van der Waals surface area (Å²) >= 11 is 3.10. The Morgan fingerprint density at radius 1 is 1.31 bits per heavy atom. The van der Waals surface area contributed by atoms with Gasteiger partial charge in [-0.25, -0.2) is 8.78 Å². The van der Waals surface area contributed by atoms with Gasteiger partial charge in [-0.1, -0.05) is 5.16 Å². The van der Waals surface area contributed by atoms with Crippen LogP contribution in [0.25, 0.3) is 11.3 Å². The topological polar surface area (TPSA) is 49.8 Å². The zero-order valence-corrected chi connectivity index (χ0v) is 9.25. The molecule has 0 amide bonds. The summed E-state index contributed by atoms with van der Waals surface area (Å²) in [4.78, 5) is 0. The van der Waals surface area contributed by atoms with E-state index in [2.05, 4.69) is 21.1 Å². The van der Waals surface area contributed by atoms with E-state index in [4.69, 9.17) is 9.78 Å². The minimum atomic E-state index is -0.987. The van der Waals surface area contributed by atoms with E-state index >= 15 is 0 Å². The van der Waals surface area contributed by atoms with Crippen LogP contribution in [0.1, 0.15) is 5.69 Å². The minimum absolute atomic E-state index is 0.0553. The predicted molar refractivity (Wildman–Crippen MR) is 54.3 cm³/mol. The normalized spacial score (nSPS) is 10.1. The maximum atomic E-state index is 13.0.